The van der Waals surface area contributed by atoms with Crippen molar-refractivity contribution in [3.8, 4) is 0 Å². The molecule has 0 aliphatic rings. The normalized spacial score (nSPS) is 11.6. The molecular weight excluding hydrogens is 311 g/mol. The second kappa shape index (κ2) is 8.62. The lowest BCUT2D eigenvalue weighted by Crippen LogP contribution is -2.38. The third-order valence-electron chi connectivity index (χ3n) is 3.38. The van der Waals surface area contributed by atoms with E-state index in [0.717, 1.165) is 41.7 Å². The number of benzene rings is 1. The monoisotopic (exact) mass is 334 g/mol. The number of nitrogens with one attached hydrogen (secondary N) is 2. The number of nitrogens with zero attached hydrogens (tertiary/aromatic N) is 2. The van der Waals surface area contributed by atoms with E-state index in [-0.39, 0.29) is 5.82 Å². The minimum Gasteiger partial charge on any atom is -0.357 e. The summed E-state index contributed by atoms with van der Waals surface area (Å²) in [6.45, 7) is 8.26. The Labute approximate surface area is 140 Å². The smallest absolute Gasteiger partial charge is 0.191 e. The van der Waals surface area contributed by atoms with Gasteiger partial charge in [0.25, 0.3) is 0 Å². The molecule has 4 nitrogen and oxygen atoms in total. The van der Waals surface area contributed by atoms with Gasteiger partial charge in [-0.2, -0.15) is 0 Å². The van der Waals surface area contributed by atoms with E-state index < -0.39 is 0 Å². The molecule has 2 N–H and O–H groups in total. The SMILES string of the molecule is CCNC(=NCc1ccc(F)cc1)NCCc1nc(C)c(C)s1. The van der Waals surface area contributed by atoms with Crippen LogP contribution in [0.2, 0.25) is 0 Å². The zero-order chi connectivity index (χ0) is 16.7. The van der Waals surface area contributed by atoms with Gasteiger partial charge in [-0.05, 0) is 38.5 Å². The first-order chi connectivity index (χ1) is 11.1. The third-order valence-corrected chi connectivity index (χ3v) is 4.51. The van der Waals surface area contributed by atoms with Gasteiger partial charge in [0.2, 0.25) is 0 Å². The molecule has 124 valence electrons. The number of halogens is 1. The topological polar surface area (TPSA) is 49.3 Å². The molecule has 0 amide bonds. The van der Waals surface area contributed by atoms with Gasteiger partial charge in [-0.1, -0.05) is 12.1 Å². The first-order valence-corrected chi connectivity index (χ1v) is 8.59. The number of aromatic nitrogens is 1. The lowest BCUT2D eigenvalue weighted by Gasteiger charge is -2.10. The zero-order valence-corrected chi connectivity index (χ0v) is 14.6. The highest BCUT2D eigenvalue weighted by molar-refractivity contribution is 7.11. The van der Waals surface area contributed by atoms with Crippen LogP contribution in [0.15, 0.2) is 29.3 Å². The molecule has 0 radical (unpaired) electrons. The van der Waals surface area contributed by atoms with E-state index in [1.54, 1.807) is 23.5 Å². The Morgan fingerprint density at radius 1 is 1.22 bits per heavy atom. The number of rotatable bonds is 6. The fourth-order valence-electron chi connectivity index (χ4n) is 2.04. The van der Waals surface area contributed by atoms with Crippen molar-refractivity contribution in [2.24, 2.45) is 4.99 Å². The van der Waals surface area contributed by atoms with Gasteiger partial charge in [-0.3, -0.25) is 0 Å². The van der Waals surface area contributed by atoms with Crippen LogP contribution in [0.1, 0.15) is 28.1 Å². The molecule has 1 aromatic heterocycles. The summed E-state index contributed by atoms with van der Waals surface area (Å²) in [5.41, 5.74) is 2.09. The molecule has 0 atom stereocenters. The molecule has 1 aromatic carbocycles. The standard InChI is InChI=1S/C17H23FN4S/c1-4-19-17(21-11-14-5-7-15(18)8-6-14)20-10-9-16-22-12(2)13(3)23-16/h5-8H,4,9-11H2,1-3H3,(H2,19,20,21). The van der Waals surface area contributed by atoms with Crippen LogP contribution in [0, 0.1) is 19.7 Å². The number of hydrogen-bond acceptors (Lipinski definition) is 3. The molecule has 2 aromatic rings. The molecule has 23 heavy (non-hydrogen) atoms. The van der Waals surface area contributed by atoms with Crippen molar-refractivity contribution >= 4 is 17.3 Å². The highest BCUT2D eigenvalue weighted by Gasteiger charge is 2.04. The van der Waals surface area contributed by atoms with Crippen LogP contribution in [0.4, 0.5) is 4.39 Å². The Bertz CT molecular complexity index is 630. The summed E-state index contributed by atoms with van der Waals surface area (Å²) >= 11 is 1.74. The summed E-state index contributed by atoms with van der Waals surface area (Å²) in [7, 11) is 0. The molecule has 2 rings (SSSR count). The fourth-order valence-corrected chi connectivity index (χ4v) is 2.97. The molecular formula is C17H23FN4S. The fraction of sp³-hybridized carbons (Fsp3) is 0.412. The molecule has 0 fully saturated rings. The minimum atomic E-state index is -0.225. The Hall–Kier alpha value is -1.95. The Balaban J connectivity index is 1.87. The van der Waals surface area contributed by atoms with Crippen LogP contribution >= 0.6 is 11.3 Å². The van der Waals surface area contributed by atoms with Crippen LogP contribution in [-0.4, -0.2) is 24.0 Å². The lowest BCUT2D eigenvalue weighted by molar-refractivity contribution is 0.627. The third kappa shape index (κ3) is 5.63. The van der Waals surface area contributed by atoms with Gasteiger partial charge < -0.3 is 10.6 Å². The Morgan fingerprint density at radius 3 is 2.57 bits per heavy atom. The van der Waals surface area contributed by atoms with E-state index in [1.807, 2.05) is 13.8 Å². The first kappa shape index (κ1) is 17.4. The molecule has 0 saturated heterocycles. The van der Waals surface area contributed by atoms with Crippen molar-refractivity contribution in [2.75, 3.05) is 13.1 Å². The molecule has 0 saturated carbocycles. The maximum absolute atomic E-state index is 12.9. The second-order valence-corrected chi connectivity index (χ2v) is 6.54. The van der Waals surface area contributed by atoms with Gasteiger partial charge in [0.05, 0.1) is 17.2 Å². The van der Waals surface area contributed by atoms with E-state index in [9.17, 15) is 4.39 Å². The van der Waals surface area contributed by atoms with Gasteiger partial charge >= 0.3 is 0 Å². The van der Waals surface area contributed by atoms with Crippen molar-refractivity contribution in [1.29, 1.82) is 0 Å². The largest absolute Gasteiger partial charge is 0.357 e. The van der Waals surface area contributed by atoms with E-state index >= 15 is 0 Å². The van der Waals surface area contributed by atoms with Gasteiger partial charge in [-0.25, -0.2) is 14.4 Å². The molecule has 0 unspecified atom stereocenters. The van der Waals surface area contributed by atoms with Crippen LogP contribution in [0.5, 0.6) is 0 Å². The Kier molecular flexibility index (Phi) is 6.52. The summed E-state index contributed by atoms with van der Waals surface area (Å²) in [5.74, 6) is 0.540. The van der Waals surface area contributed by atoms with Gasteiger partial charge in [0.1, 0.15) is 5.82 Å². The van der Waals surface area contributed by atoms with Crippen molar-refractivity contribution in [2.45, 2.75) is 33.7 Å². The number of thiazole rings is 1. The number of aryl methyl sites for hydroxylation is 2. The first-order valence-electron chi connectivity index (χ1n) is 7.78. The summed E-state index contributed by atoms with van der Waals surface area (Å²) in [6, 6.07) is 6.42. The van der Waals surface area contributed by atoms with E-state index in [1.165, 1.54) is 17.0 Å². The summed E-state index contributed by atoms with van der Waals surface area (Å²) in [6.07, 6.45) is 0.875. The average Bonchev–Trinajstić information content (AvgIpc) is 2.85. The highest BCUT2D eigenvalue weighted by Crippen LogP contribution is 2.16. The molecule has 0 aliphatic heterocycles. The van der Waals surface area contributed by atoms with Gasteiger partial charge in [0, 0.05) is 24.4 Å². The van der Waals surface area contributed by atoms with Crippen molar-refractivity contribution in [3.05, 3.63) is 51.2 Å². The molecule has 1 heterocycles. The lowest BCUT2D eigenvalue weighted by atomic mass is 10.2. The number of hydrogen-bond donors (Lipinski definition) is 2. The second-order valence-electron chi connectivity index (χ2n) is 5.25. The molecule has 0 aliphatic carbocycles. The van der Waals surface area contributed by atoms with Crippen LogP contribution < -0.4 is 10.6 Å². The highest BCUT2D eigenvalue weighted by atomic mass is 32.1. The maximum Gasteiger partial charge on any atom is 0.191 e. The average molecular weight is 334 g/mol. The van der Waals surface area contributed by atoms with Crippen LogP contribution in [-0.2, 0) is 13.0 Å². The zero-order valence-electron chi connectivity index (χ0n) is 13.8. The quantitative estimate of drug-likeness (QED) is 0.630. The summed E-state index contributed by atoms with van der Waals surface area (Å²) in [4.78, 5) is 10.3. The summed E-state index contributed by atoms with van der Waals surface area (Å²) < 4.78 is 12.9. The van der Waals surface area contributed by atoms with Crippen molar-refractivity contribution in [3.63, 3.8) is 0 Å². The van der Waals surface area contributed by atoms with E-state index in [2.05, 4.69) is 27.5 Å². The van der Waals surface area contributed by atoms with E-state index in [4.69, 9.17) is 0 Å². The Morgan fingerprint density at radius 2 is 1.96 bits per heavy atom. The number of guanidine groups is 1. The van der Waals surface area contributed by atoms with E-state index in [0.29, 0.717) is 6.54 Å². The molecule has 6 heteroatoms. The maximum atomic E-state index is 12.9. The number of aliphatic imine (C=N–C) groups is 1. The molecule has 0 spiro atoms. The van der Waals surface area contributed by atoms with Gasteiger partial charge in [-0.15, -0.1) is 11.3 Å². The predicted molar refractivity (Wildman–Crippen MR) is 94.5 cm³/mol. The predicted octanol–water partition coefficient (Wildman–Crippen LogP) is 3.20. The van der Waals surface area contributed by atoms with Crippen LogP contribution in [0.25, 0.3) is 0 Å². The summed E-state index contributed by atoms with van der Waals surface area (Å²) in [5, 5.41) is 7.67. The van der Waals surface area contributed by atoms with Crippen LogP contribution in [0.3, 0.4) is 0 Å². The minimum absolute atomic E-state index is 0.225. The molecule has 0 bridgehead atoms. The van der Waals surface area contributed by atoms with Crippen molar-refractivity contribution < 1.29 is 4.39 Å². The van der Waals surface area contributed by atoms with Crippen molar-refractivity contribution in [1.82, 2.24) is 15.6 Å². The van der Waals surface area contributed by atoms with Gasteiger partial charge in [0.15, 0.2) is 5.96 Å².